The second-order valence-electron chi connectivity index (χ2n) is 5.22. The summed E-state index contributed by atoms with van der Waals surface area (Å²) >= 11 is 3.66. The zero-order valence-corrected chi connectivity index (χ0v) is 14.2. The molecule has 1 unspecified atom stereocenters. The highest BCUT2D eigenvalue weighted by atomic mass is 79.9. The molecule has 21 heavy (non-hydrogen) atoms. The Morgan fingerprint density at radius 2 is 1.86 bits per heavy atom. The summed E-state index contributed by atoms with van der Waals surface area (Å²) in [5.74, 6) is 0.860. The number of ether oxygens (including phenoxy) is 1. The number of halogens is 1. The van der Waals surface area contributed by atoms with Crippen molar-refractivity contribution in [1.29, 1.82) is 0 Å². The molecule has 112 valence electrons. The Morgan fingerprint density at radius 3 is 2.38 bits per heavy atom. The van der Waals surface area contributed by atoms with Crippen molar-refractivity contribution < 1.29 is 4.74 Å². The van der Waals surface area contributed by atoms with Crippen molar-refractivity contribution in [3.8, 4) is 5.75 Å². The van der Waals surface area contributed by atoms with E-state index in [9.17, 15) is 0 Å². The fourth-order valence-electron chi connectivity index (χ4n) is 2.27. The minimum atomic E-state index is 0.169. The van der Waals surface area contributed by atoms with Gasteiger partial charge in [-0.3, -0.25) is 0 Å². The SMILES string of the molecule is COc1ccc(N(C)c2ccc(CC(C)N)cc2Br)cc1. The van der Waals surface area contributed by atoms with Gasteiger partial charge < -0.3 is 15.4 Å². The van der Waals surface area contributed by atoms with E-state index in [2.05, 4.69) is 39.0 Å². The van der Waals surface area contributed by atoms with E-state index in [1.165, 1.54) is 5.56 Å². The molecular formula is C17H21BrN2O. The summed E-state index contributed by atoms with van der Waals surface area (Å²) < 4.78 is 6.26. The average Bonchev–Trinajstić information content (AvgIpc) is 2.46. The van der Waals surface area contributed by atoms with Crippen LogP contribution < -0.4 is 15.4 Å². The Labute approximate surface area is 134 Å². The molecule has 0 aromatic heterocycles. The van der Waals surface area contributed by atoms with Crippen LogP contribution in [-0.2, 0) is 6.42 Å². The summed E-state index contributed by atoms with van der Waals surface area (Å²) in [5.41, 5.74) is 9.32. The van der Waals surface area contributed by atoms with Crippen molar-refractivity contribution in [1.82, 2.24) is 0 Å². The largest absolute Gasteiger partial charge is 0.497 e. The van der Waals surface area contributed by atoms with E-state index in [4.69, 9.17) is 10.5 Å². The maximum Gasteiger partial charge on any atom is 0.119 e. The Morgan fingerprint density at radius 1 is 1.19 bits per heavy atom. The van der Waals surface area contributed by atoms with E-state index in [-0.39, 0.29) is 6.04 Å². The minimum absolute atomic E-state index is 0.169. The molecule has 1 atom stereocenters. The lowest BCUT2D eigenvalue weighted by Gasteiger charge is -2.22. The molecule has 0 aliphatic carbocycles. The van der Waals surface area contributed by atoms with Gasteiger partial charge in [0.1, 0.15) is 5.75 Å². The summed E-state index contributed by atoms with van der Waals surface area (Å²) in [5, 5.41) is 0. The van der Waals surface area contributed by atoms with Gasteiger partial charge in [-0.25, -0.2) is 0 Å². The van der Waals surface area contributed by atoms with E-state index in [1.54, 1.807) is 7.11 Å². The van der Waals surface area contributed by atoms with E-state index in [1.807, 2.05) is 38.2 Å². The minimum Gasteiger partial charge on any atom is -0.497 e. The first kappa shape index (κ1) is 15.9. The van der Waals surface area contributed by atoms with Crippen LogP contribution in [-0.4, -0.2) is 20.2 Å². The first-order chi connectivity index (χ1) is 10.0. The van der Waals surface area contributed by atoms with Crippen LogP contribution in [0.15, 0.2) is 46.9 Å². The molecule has 0 bridgehead atoms. The fourth-order valence-corrected chi connectivity index (χ4v) is 2.96. The van der Waals surface area contributed by atoms with Crippen LogP contribution in [0, 0.1) is 0 Å². The molecule has 0 aliphatic rings. The number of nitrogens with zero attached hydrogens (tertiary/aromatic N) is 1. The first-order valence-corrected chi connectivity index (χ1v) is 7.72. The summed E-state index contributed by atoms with van der Waals surface area (Å²) in [6.45, 7) is 2.02. The molecule has 0 heterocycles. The van der Waals surface area contributed by atoms with Gasteiger partial charge in [0, 0.05) is 23.2 Å². The Hall–Kier alpha value is -1.52. The number of hydrogen-bond donors (Lipinski definition) is 1. The number of hydrogen-bond acceptors (Lipinski definition) is 3. The van der Waals surface area contributed by atoms with Gasteiger partial charge in [-0.05, 0) is 71.2 Å². The standard InChI is InChI=1S/C17H21BrN2O/c1-12(19)10-13-4-9-17(16(18)11-13)20(2)14-5-7-15(21-3)8-6-14/h4-9,11-12H,10,19H2,1-3H3. The van der Waals surface area contributed by atoms with Gasteiger partial charge in [-0.1, -0.05) is 6.07 Å². The van der Waals surface area contributed by atoms with Crippen molar-refractivity contribution in [3.63, 3.8) is 0 Å². The predicted octanol–water partition coefficient (Wildman–Crippen LogP) is 4.12. The second-order valence-corrected chi connectivity index (χ2v) is 6.08. The van der Waals surface area contributed by atoms with Crippen molar-refractivity contribution in [2.75, 3.05) is 19.1 Å². The predicted molar refractivity (Wildman–Crippen MR) is 92.6 cm³/mol. The smallest absolute Gasteiger partial charge is 0.119 e. The lowest BCUT2D eigenvalue weighted by Crippen LogP contribution is -2.18. The number of benzene rings is 2. The topological polar surface area (TPSA) is 38.5 Å². The molecule has 2 N–H and O–H groups in total. The van der Waals surface area contributed by atoms with Crippen LogP contribution >= 0.6 is 15.9 Å². The van der Waals surface area contributed by atoms with Crippen LogP contribution in [0.25, 0.3) is 0 Å². The summed E-state index contributed by atoms with van der Waals surface area (Å²) in [4.78, 5) is 2.14. The molecule has 0 aliphatic heterocycles. The molecule has 2 aromatic rings. The van der Waals surface area contributed by atoms with Gasteiger partial charge in [-0.2, -0.15) is 0 Å². The van der Waals surface area contributed by atoms with E-state index in [0.29, 0.717) is 0 Å². The number of nitrogens with two attached hydrogens (primary N) is 1. The van der Waals surface area contributed by atoms with Gasteiger partial charge in [0.25, 0.3) is 0 Å². The third-order valence-corrected chi connectivity index (χ3v) is 4.03. The maximum atomic E-state index is 5.85. The number of anilines is 2. The molecule has 3 nitrogen and oxygen atoms in total. The molecule has 0 amide bonds. The quantitative estimate of drug-likeness (QED) is 0.883. The van der Waals surface area contributed by atoms with Crippen molar-refractivity contribution in [2.45, 2.75) is 19.4 Å². The second kappa shape index (κ2) is 6.96. The van der Waals surface area contributed by atoms with Crippen LogP contribution in [0.3, 0.4) is 0 Å². The Kier molecular flexibility index (Phi) is 5.26. The van der Waals surface area contributed by atoms with Gasteiger partial charge >= 0.3 is 0 Å². The first-order valence-electron chi connectivity index (χ1n) is 6.93. The number of methoxy groups -OCH3 is 1. The van der Waals surface area contributed by atoms with Crippen molar-refractivity contribution in [3.05, 3.63) is 52.5 Å². The van der Waals surface area contributed by atoms with Gasteiger partial charge in [0.2, 0.25) is 0 Å². The van der Waals surface area contributed by atoms with Gasteiger partial charge in [0.05, 0.1) is 12.8 Å². The highest BCUT2D eigenvalue weighted by Gasteiger charge is 2.09. The highest BCUT2D eigenvalue weighted by Crippen LogP contribution is 2.32. The zero-order chi connectivity index (χ0) is 15.4. The molecule has 0 saturated heterocycles. The summed E-state index contributed by atoms with van der Waals surface area (Å²) in [7, 11) is 3.72. The highest BCUT2D eigenvalue weighted by molar-refractivity contribution is 9.10. The summed E-state index contributed by atoms with van der Waals surface area (Å²) in [6.07, 6.45) is 0.880. The van der Waals surface area contributed by atoms with Gasteiger partial charge in [-0.15, -0.1) is 0 Å². The third-order valence-electron chi connectivity index (χ3n) is 3.39. The lowest BCUT2D eigenvalue weighted by atomic mass is 10.1. The molecule has 2 rings (SSSR count). The monoisotopic (exact) mass is 348 g/mol. The maximum absolute atomic E-state index is 5.85. The van der Waals surface area contributed by atoms with Crippen LogP contribution in [0.1, 0.15) is 12.5 Å². The zero-order valence-electron chi connectivity index (χ0n) is 12.6. The van der Waals surface area contributed by atoms with Crippen LogP contribution in [0.5, 0.6) is 5.75 Å². The van der Waals surface area contributed by atoms with Crippen LogP contribution in [0.2, 0.25) is 0 Å². The van der Waals surface area contributed by atoms with E-state index in [0.717, 1.165) is 28.0 Å². The molecule has 0 spiro atoms. The van der Waals surface area contributed by atoms with Crippen molar-refractivity contribution >= 4 is 27.3 Å². The fraction of sp³-hybridized carbons (Fsp3) is 0.294. The van der Waals surface area contributed by atoms with Gasteiger partial charge in [0.15, 0.2) is 0 Å². The molecule has 2 aromatic carbocycles. The molecular weight excluding hydrogens is 328 g/mol. The van der Waals surface area contributed by atoms with E-state index >= 15 is 0 Å². The average molecular weight is 349 g/mol. The lowest BCUT2D eigenvalue weighted by molar-refractivity contribution is 0.415. The van der Waals surface area contributed by atoms with Crippen LogP contribution in [0.4, 0.5) is 11.4 Å². The molecule has 4 heteroatoms. The normalized spacial score (nSPS) is 12.0. The third kappa shape index (κ3) is 3.99. The molecule has 0 saturated carbocycles. The Bertz CT molecular complexity index is 596. The molecule has 0 fully saturated rings. The number of rotatable bonds is 5. The molecule has 0 radical (unpaired) electrons. The van der Waals surface area contributed by atoms with Crippen molar-refractivity contribution in [2.24, 2.45) is 5.73 Å². The van der Waals surface area contributed by atoms with E-state index < -0.39 is 0 Å². The summed E-state index contributed by atoms with van der Waals surface area (Å²) in [6, 6.07) is 14.6. The Balaban J connectivity index is 2.23.